The highest BCUT2D eigenvalue weighted by atomic mass is 32.1. The fraction of sp³-hybridized carbons (Fsp3) is 0.456. The molecule has 19 nitrogen and oxygen atoms in total. The monoisotopic (exact) mass is 1130 g/mol. The lowest BCUT2D eigenvalue weighted by Gasteiger charge is -2.35. The fourth-order valence-electron chi connectivity index (χ4n) is 10.1. The molecule has 8 rings (SSSR count). The molecule has 0 radical (unpaired) electrons. The Morgan fingerprint density at radius 2 is 1.52 bits per heavy atom. The van der Waals surface area contributed by atoms with Crippen LogP contribution in [0.1, 0.15) is 59.9 Å². The number of nitrogens with one attached hydrogen (secondary N) is 5. The Kier molecular flexibility index (Phi) is 19.3. The van der Waals surface area contributed by atoms with E-state index in [-0.39, 0.29) is 26.1 Å². The molecule has 5 heterocycles. The summed E-state index contributed by atoms with van der Waals surface area (Å²) in [5.41, 5.74) is 4.56. The van der Waals surface area contributed by atoms with Crippen molar-refractivity contribution in [2.75, 3.05) is 102 Å². The van der Waals surface area contributed by atoms with Crippen molar-refractivity contribution in [2.24, 2.45) is 5.41 Å². The number of likely N-dealkylation sites (N-methyl/N-ethyl adjacent to an activating group) is 1. The predicted molar refractivity (Wildman–Crippen MR) is 299 cm³/mol. The second-order valence-corrected chi connectivity index (χ2v) is 22.6. The Morgan fingerprint density at radius 3 is 2.21 bits per heavy atom. The summed E-state index contributed by atoms with van der Waals surface area (Å²) >= 11 is 1.55. The highest BCUT2D eigenvalue weighted by Gasteiger charge is 2.44. The molecule has 80 heavy (non-hydrogen) atoms. The lowest BCUT2D eigenvalue weighted by Crippen LogP contribution is -2.58. The zero-order valence-electron chi connectivity index (χ0n) is 45.7. The molecular weight excluding hydrogens is 1060 g/mol. The highest BCUT2D eigenvalue weighted by Crippen LogP contribution is 2.36. The number of amides is 5. The molecule has 3 fully saturated rings. The highest BCUT2D eigenvalue weighted by molar-refractivity contribution is 7.13. The number of aliphatic hydroxyl groups excluding tert-OH is 1. The normalized spacial score (nSPS) is 18.0. The maximum absolute atomic E-state index is 14.0. The number of nitrogens with zero attached hydrogens (tertiary/aromatic N) is 6. The average molecular weight is 1130 g/mol. The van der Waals surface area contributed by atoms with Crippen molar-refractivity contribution in [1.29, 1.82) is 0 Å². The van der Waals surface area contributed by atoms with Gasteiger partial charge in [-0.25, -0.2) is 4.98 Å². The van der Waals surface area contributed by atoms with Crippen molar-refractivity contribution in [3.63, 3.8) is 0 Å². The molecule has 428 valence electrons. The molecule has 5 aromatic rings. The van der Waals surface area contributed by atoms with Gasteiger partial charge in [-0.1, -0.05) is 69.3 Å². The summed E-state index contributed by atoms with van der Waals surface area (Å²) in [5, 5.41) is 21.8. The van der Waals surface area contributed by atoms with Crippen LogP contribution in [-0.4, -0.2) is 175 Å². The van der Waals surface area contributed by atoms with Gasteiger partial charge in [0.1, 0.15) is 25.3 Å². The standard InChI is InChI=1S/C57H70F3N11O8S/c1-36-51(80-35-64-36)39-11-9-37(10-12-39)29-63-54(77)47-27-42(72)32-71(47)55(78)52(56(2,3)4)66-50(75)34-79-33-49(74)61-15-16-68-19-21-69(22-20-68)31-38-7-6-8-40(25-38)41-13-14-46(70-23-17-67(5)18-24-70)45(26-41)65-53(76)43-30-62-48(73)28-44(43)57(58,59)60/h6-14,25-26,28,30,35,42,47,52,72H,15-24,27,29,31-34H2,1-5H3,(H,61,74)(H,62,73)(H,63,77)(H,65,76)(H,66,75)/t42-,47+,52-/m1/s1. The number of pyridine rings is 1. The molecule has 0 spiro atoms. The summed E-state index contributed by atoms with van der Waals surface area (Å²) in [4.78, 5) is 96.5. The molecule has 5 amide bonds. The van der Waals surface area contributed by atoms with Crippen LogP contribution in [0, 0.1) is 12.3 Å². The summed E-state index contributed by atoms with van der Waals surface area (Å²) in [5.74, 6) is -2.94. The smallest absolute Gasteiger partial charge is 0.391 e. The molecule has 0 unspecified atom stereocenters. The number of β-amino-alcohol motifs (C(OH)–C–C–N with tert-alkyl or cyclic N) is 1. The van der Waals surface area contributed by atoms with E-state index in [1.807, 2.05) is 68.6 Å². The van der Waals surface area contributed by atoms with E-state index < -0.39 is 82.6 Å². The third-order valence-corrected chi connectivity index (χ3v) is 15.6. The number of halogens is 3. The van der Waals surface area contributed by atoms with E-state index in [1.165, 1.54) is 4.90 Å². The zero-order chi connectivity index (χ0) is 57.3. The molecule has 3 atom stereocenters. The van der Waals surface area contributed by atoms with Gasteiger partial charge in [-0.15, -0.1) is 11.3 Å². The number of carbonyl (C=O) groups excluding carboxylic acids is 5. The summed E-state index contributed by atoms with van der Waals surface area (Å²) < 4.78 is 47.3. The lowest BCUT2D eigenvalue weighted by molar-refractivity contribution is -0.145. The number of carbonyl (C=O) groups is 5. The van der Waals surface area contributed by atoms with Crippen LogP contribution in [0.25, 0.3) is 21.6 Å². The number of aliphatic hydroxyl groups is 1. The van der Waals surface area contributed by atoms with Gasteiger partial charge in [-0.2, -0.15) is 13.2 Å². The molecular formula is C57H70F3N11O8S. The van der Waals surface area contributed by atoms with Gasteiger partial charge in [-0.05, 0) is 65.4 Å². The molecule has 2 aromatic heterocycles. The quantitative estimate of drug-likeness (QED) is 0.0669. The van der Waals surface area contributed by atoms with Crippen LogP contribution in [0.3, 0.4) is 0 Å². The van der Waals surface area contributed by atoms with E-state index in [0.29, 0.717) is 50.2 Å². The van der Waals surface area contributed by atoms with E-state index in [4.69, 9.17) is 4.74 Å². The largest absolute Gasteiger partial charge is 0.417 e. The number of thiazole rings is 1. The minimum absolute atomic E-state index is 0.0505. The first kappa shape index (κ1) is 59.1. The number of aromatic amines is 1. The Bertz CT molecular complexity index is 3060. The van der Waals surface area contributed by atoms with Crippen molar-refractivity contribution in [3.8, 4) is 21.6 Å². The minimum atomic E-state index is -4.92. The first-order valence-electron chi connectivity index (χ1n) is 26.7. The van der Waals surface area contributed by atoms with Crippen LogP contribution in [0.15, 0.2) is 89.3 Å². The number of anilines is 2. The number of alkyl halides is 3. The molecule has 3 aliphatic heterocycles. The Hall–Kier alpha value is -7.02. The number of ether oxygens (including phenoxy) is 1. The van der Waals surface area contributed by atoms with Crippen LogP contribution in [0.5, 0.6) is 0 Å². The third kappa shape index (κ3) is 15.5. The van der Waals surface area contributed by atoms with E-state index in [0.717, 1.165) is 83.9 Å². The SMILES string of the molecule is Cc1ncsc1-c1ccc(CNC(=O)[C@@H]2C[C@@H](O)CN2C(=O)[C@@H](NC(=O)COCC(=O)NCCN2CCN(Cc3cccc(-c4ccc(N5CCN(C)CC5)c(NC(=O)c5c[nH]c(=O)cc5C(F)(F)F)c4)c3)CC2)C(C)(C)C)cc1. The summed E-state index contributed by atoms with van der Waals surface area (Å²) in [6.45, 7) is 14.1. The van der Waals surface area contributed by atoms with Crippen molar-refractivity contribution >= 4 is 52.2 Å². The maximum atomic E-state index is 14.0. The number of H-pyrrole nitrogens is 1. The molecule has 3 aromatic carbocycles. The average Bonchev–Trinajstić information content (AvgIpc) is 4.06. The number of hydrogen-bond acceptors (Lipinski definition) is 14. The van der Waals surface area contributed by atoms with Gasteiger partial charge >= 0.3 is 6.18 Å². The molecule has 3 aliphatic rings. The topological polar surface area (TPSA) is 225 Å². The molecule has 23 heteroatoms. The third-order valence-electron chi connectivity index (χ3n) is 14.6. The van der Waals surface area contributed by atoms with Gasteiger partial charge in [0.15, 0.2) is 0 Å². The Balaban J connectivity index is 0.768. The molecule has 6 N–H and O–H groups in total. The van der Waals surface area contributed by atoms with Gasteiger partial charge in [0.25, 0.3) is 5.91 Å². The number of hydrogen-bond donors (Lipinski definition) is 6. The second kappa shape index (κ2) is 26.1. The lowest BCUT2D eigenvalue weighted by atomic mass is 9.85. The fourth-order valence-corrected chi connectivity index (χ4v) is 10.9. The predicted octanol–water partition coefficient (Wildman–Crippen LogP) is 4.56. The molecule has 0 bridgehead atoms. The molecule has 3 saturated heterocycles. The Labute approximate surface area is 466 Å². The van der Waals surface area contributed by atoms with Crippen LogP contribution >= 0.6 is 11.3 Å². The first-order chi connectivity index (χ1) is 38.1. The van der Waals surface area contributed by atoms with E-state index in [1.54, 1.807) is 43.7 Å². The summed E-state index contributed by atoms with van der Waals surface area (Å²) in [6.07, 6.45) is -5.00. The first-order valence-corrected chi connectivity index (χ1v) is 27.6. The van der Waals surface area contributed by atoms with Gasteiger partial charge in [0.05, 0.1) is 44.7 Å². The van der Waals surface area contributed by atoms with Gasteiger partial charge in [0.2, 0.25) is 29.2 Å². The number of piperazine rings is 2. The minimum Gasteiger partial charge on any atom is -0.391 e. The number of aryl methyl sites for hydroxylation is 1. The van der Waals surface area contributed by atoms with Gasteiger partial charge < -0.3 is 50.8 Å². The van der Waals surface area contributed by atoms with Crippen LogP contribution in [-0.2, 0) is 43.2 Å². The van der Waals surface area contributed by atoms with Crippen molar-refractivity contribution in [2.45, 2.75) is 71.6 Å². The summed E-state index contributed by atoms with van der Waals surface area (Å²) in [7, 11) is 2.01. The Morgan fingerprint density at radius 1 is 0.838 bits per heavy atom. The maximum Gasteiger partial charge on any atom is 0.417 e. The van der Waals surface area contributed by atoms with Crippen molar-refractivity contribution < 1.29 is 47.0 Å². The zero-order valence-corrected chi connectivity index (χ0v) is 46.5. The number of likely N-dealkylation sites (tertiary alicyclic amines) is 1. The van der Waals surface area contributed by atoms with E-state index >= 15 is 0 Å². The number of benzene rings is 3. The van der Waals surface area contributed by atoms with Crippen LogP contribution in [0.2, 0.25) is 0 Å². The second-order valence-electron chi connectivity index (χ2n) is 21.7. The molecule has 0 saturated carbocycles. The van der Waals surface area contributed by atoms with E-state index in [2.05, 4.69) is 56.9 Å². The van der Waals surface area contributed by atoms with Crippen molar-refractivity contribution in [1.82, 2.24) is 45.5 Å². The van der Waals surface area contributed by atoms with Crippen LogP contribution in [0.4, 0.5) is 24.5 Å². The van der Waals surface area contributed by atoms with E-state index in [9.17, 15) is 47.0 Å². The number of rotatable bonds is 19. The summed E-state index contributed by atoms with van der Waals surface area (Å²) in [6, 6.07) is 19.7. The van der Waals surface area contributed by atoms with Gasteiger partial charge in [-0.3, -0.25) is 38.6 Å². The molecule has 0 aliphatic carbocycles. The van der Waals surface area contributed by atoms with Crippen molar-refractivity contribution in [3.05, 3.63) is 123 Å². The van der Waals surface area contributed by atoms with Gasteiger partial charge in [0, 0.05) is 104 Å². The number of aromatic nitrogens is 2. The van der Waals surface area contributed by atoms with Crippen LogP contribution < -0.4 is 31.7 Å².